The van der Waals surface area contributed by atoms with Gasteiger partial charge >= 0.3 is 5.97 Å². The number of ether oxygens (including phenoxy) is 2. The number of carbonyl (C=O) groups is 1. The summed E-state index contributed by atoms with van der Waals surface area (Å²) in [7, 11) is 1.58. The average Bonchev–Trinajstić information content (AvgIpc) is 3.06. The third-order valence-corrected chi connectivity index (χ3v) is 4.86. The number of aromatic carboxylic acids is 1. The van der Waals surface area contributed by atoms with Gasteiger partial charge in [0.2, 0.25) is 0 Å². The lowest BCUT2D eigenvalue weighted by Gasteiger charge is -2.24. The van der Waals surface area contributed by atoms with E-state index in [9.17, 15) is 4.79 Å². The van der Waals surface area contributed by atoms with E-state index < -0.39 is 5.97 Å². The normalized spacial score (nSPS) is 17.7. The quantitative estimate of drug-likeness (QED) is 0.874. The summed E-state index contributed by atoms with van der Waals surface area (Å²) >= 11 is 1.89. The van der Waals surface area contributed by atoms with Crippen LogP contribution >= 0.6 is 11.8 Å². The van der Waals surface area contributed by atoms with Gasteiger partial charge in [0.1, 0.15) is 11.8 Å². The lowest BCUT2D eigenvalue weighted by atomic mass is 10.1. The van der Waals surface area contributed by atoms with Crippen LogP contribution in [0.2, 0.25) is 0 Å². The van der Waals surface area contributed by atoms with Crippen molar-refractivity contribution in [1.82, 2.24) is 10.2 Å². The maximum Gasteiger partial charge on any atom is 0.353 e. The number of hydrogen-bond acceptors (Lipinski definition) is 5. The SMILES string of the molecule is COc1c(OC2CCCSC2)cccc1-c1cc(C(=O)O)[nH]n1. The van der Waals surface area contributed by atoms with Crippen molar-refractivity contribution in [3.63, 3.8) is 0 Å². The van der Waals surface area contributed by atoms with Crippen molar-refractivity contribution in [3.05, 3.63) is 30.0 Å². The second-order valence-electron chi connectivity index (χ2n) is 5.27. The Balaban J connectivity index is 1.90. The number of aromatic nitrogens is 2. The van der Waals surface area contributed by atoms with Crippen LogP contribution in [0.25, 0.3) is 11.3 Å². The Hall–Kier alpha value is -2.15. The van der Waals surface area contributed by atoms with Gasteiger partial charge in [-0.1, -0.05) is 6.07 Å². The van der Waals surface area contributed by atoms with E-state index >= 15 is 0 Å². The molecule has 3 rings (SSSR count). The number of para-hydroxylation sites is 1. The van der Waals surface area contributed by atoms with E-state index in [1.165, 1.54) is 11.8 Å². The molecule has 1 aromatic heterocycles. The van der Waals surface area contributed by atoms with Crippen LogP contribution in [0.15, 0.2) is 24.3 Å². The van der Waals surface area contributed by atoms with Crippen molar-refractivity contribution in [3.8, 4) is 22.8 Å². The monoisotopic (exact) mass is 334 g/mol. The third kappa shape index (κ3) is 3.44. The minimum absolute atomic E-state index is 0.0389. The number of H-pyrrole nitrogens is 1. The highest BCUT2D eigenvalue weighted by Gasteiger charge is 2.20. The van der Waals surface area contributed by atoms with Crippen molar-refractivity contribution in [2.75, 3.05) is 18.6 Å². The first-order valence-corrected chi connectivity index (χ1v) is 8.55. The van der Waals surface area contributed by atoms with Crippen molar-refractivity contribution < 1.29 is 19.4 Å². The van der Waals surface area contributed by atoms with E-state index in [-0.39, 0.29) is 11.8 Å². The summed E-state index contributed by atoms with van der Waals surface area (Å²) in [6.45, 7) is 0. The molecule has 6 nitrogen and oxygen atoms in total. The van der Waals surface area contributed by atoms with Crippen LogP contribution in [0.5, 0.6) is 11.5 Å². The Bertz CT molecular complexity index is 695. The number of methoxy groups -OCH3 is 1. The largest absolute Gasteiger partial charge is 0.492 e. The number of nitrogens with zero attached hydrogens (tertiary/aromatic N) is 1. The molecule has 23 heavy (non-hydrogen) atoms. The van der Waals surface area contributed by atoms with Crippen LogP contribution in [-0.4, -0.2) is 46.0 Å². The predicted octanol–water partition coefficient (Wildman–Crippen LogP) is 3.06. The van der Waals surface area contributed by atoms with Gasteiger partial charge in [0.05, 0.1) is 12.8 Å². The molecule has 1 saturated heterocycles. The third-order valence-electron chi connectivity index (χ3n) is 3.68. The first-order valence-electron chi connectivity index (χ1n) is 7.39. The molecule has 0 bridgehead atoms. The fourth-order valence-corrected chi connectivity index (χ4v) is 3.61. The minimum atomic E-state index is -1.05. The molecule has 1 fully saturated rings. The van der Waals surface area contributed by atoms with Gasteiger partial charge in [-0.05, 0) is 36.8 Å². The van der Waals surface area contributed by atoms with Crippen LogP contribution in [0.1, 0.15) is 23.3 Å². The predicted molar refractivity (Wildman–Crippen MR) is 88.5 cm³/mol. The molecule has 0 amide bonds. The van der Waals surface area contributed by atoms with Crippen molar-refractivity contribution in [2.45, 2.75) is 18.9 Å². The highest BCUT2D eigenvalue weighted by molar-refractivity contribution is 7.99. The van der Waals surface area contributed by atoms with Crippen LogP contribution < -0.4 is 9.47 Å². The molecule has 2 aromatic rings. The summed E-state index contributed by atoms with van der Waals surface area (Å²) in [6, 6.07) is 7.05. The molecule has 1 unspecified atom stereocenters. The van der Waals surface area contributed by atoms with E-state index in [1.54, 1.807) is 7.11 Å². The topological polar surface area (TPSA) is 84.4 Å². The molecule has 1 aromatic carbocycles. The van der Waals surface area contributed by atoms with E-state index in [0.29, 0.717) is 22.8 Å². The highest BCUT2D eigenvalue weighted by atomic mass is 32.2. The smallest absolute Gasteiger partial charge is 0.353 e. The van der Waals surface area contributed by atoms with Crippen LogP contribution in [0.4, 0.5) is 0 Å². The number of hydrogen-bond donors (Lipinski definition) is 2. The Kier molecular flexibility index (Phi) is 4.76. The van der Waals surface area contributed by atoms with Gasteiger partial charge in [-0.15, -0.1) is 0 Å². The van der Waals surface area contributed by atoms with Crippen LogP contribution in [-0.2, 0) is 0 Å². The van der Waals surface area contributed by atoms with Gasteiger partial charge in [0, 0.05) is 11.3 Å². The molecule has 2 N–H and O–H groups in total. The molecule has 1 aliphatic heterocycles. The standard InChI is InChI=1S/C16H18N2O4S/c1-21-15-11(12-8-13(16(19)20)18-17-12)5-2-6-14(15)22-10-4-3-7-23-9-10/h2,5-6,8,10H,3-4,7,9H2,1H3,(H,17,18)(H,19,20). The van der Waals surface area contributed by atoms with E-state index in [4.69, 9.17) is 14.6 Å². The summed E-state index contributed by atoms with van der Waals surface area (Å²) in [4.78, 5) is 11.0. The Morgan fingerprint density at radius 1 is 1.48 bits per heavy atom. The lowest BCUT2D eigenvalue weighted by Crippen LogP contribution is -2.23. The van der Waals surface area contributed by atoms with Gasteiger partial charge < -0.3 is 14.6 Å². The number of thioether (sulfide) groups is 1. The van der Waals surface area contributed by atoms with E-state index in [0.717, 1.165) is 18.6 Å². The average molecular weight is 334 g/mol. The Morgan fingerprint density at radius 3 is 3.00 bits per heavy atom. The molecule has 0 radical (unpaired) electrons. The van der Waals surface area contributed by atoms with Gasteiger partial charge in [0.25, 0.3) is 0 Å². The van der Waals surface area contributed by atoms with E-state index in [1.807, 2.05) is 30.0 Å². The summed E-state index contributed by atoms with van der Waals surface area (Å²) in [5.74, 6) is 2.35. The van der Waals surface area contributed by atoms with Crippen LogP contribution in [0, 0.1) is 0 Å². The zero-order valence-electron chi connectivity index (χ0n) is 12.7. The summed E-state index contributed by atoms with van der Waals surface area (Å²) in [5, 5.41) is 15.6. The van der Waals surface area contributed by atoms with Crippen LogP contribution in [0.3, 0.4) is 0 Å². The van der Waals surface area contributed by atoms with Gasteiger partial charge in [-0.3, -0.25) is 5.10 Å². The molecule has 122 valence electrons. The second-order valence-corrected chi connectivity index (χ2v) is 6.42. The number of rotatable bonds is 5. The number of nitrogens with one attached hydrogen (secondary N) is 1. The Morgan fingerprint density at radius 2 is 2.35 bits per heavy atom. The molecule has 0 aliphatic carbocycles. The molecule has 1 atom stereocenters. The summed E-state index contributed by atoms with van der Waals surface area (Å²) < 4.78 is 11.6. The molecule has 1 aliphatic rings. The van der Waals surface area contributed by atoms with Crippen molar-refractivity contribution in [1.29, 1.82) is 0 Å². The van der Waals surface area contributed by atoms with Crippen molar-refractivity contribution in [2.24, 2.45) is 0 Å². The first kappa shape index (κ1) is 15.7. The Labute approximate surface area is 138 Å². The molecular weight excluding hydrogens is 316 g/mol. The summed E-state index contributed by atoms with van der Waals surface area (Å²) in [5.41, 5.74) is 1.26. The van der Waals surface area contributed by atoms with E-state index in [2.05, 4.69) is 10.2 Å². The fraction of sp³-hybridized carbons (Fsp3) is 0.375. The van der Waals surface area contributed by atoms with Gasteiger partial charge in [-0.2, -0.15) is 16.9 Å². The number of aromatic amines is 1. The zero-order chi connectivity index (χ0) is 16.2. The number of benzene rings is 1. The zero-order valence-corrected chi connectivity index (χ0v) is 13.6. The number of carboxylic acid groups (broad SMARTS) is 1. The lowest BCUT2D eigenvalue weighted by molar-refractivity contribution is 0.0690. The van der Waals surface area contributed by atoms with Gasteiger partial charge in [0.15, 0.2) is 11.5 Å². The second kappa shape index (κ2) is 6.95. The fourth-order valence-electron chi connectivity index (χ4n) is 2.57. The highest BCUT2D eigenvalue weighted by Crippen LogP contribution is 2.38. The minimum Gasteiger partial charge on any atom is -0.492 e. The molecule has 0 spiro atoms. The molecule has 2 heterocycles. The van der Waals surface area contributed by atoms with Gasteiger partial charge in [-0.25, -0.2) is 4.79 Å². The summed E-state index contributed by atoms with van der Waals surface area (Å²) in [6.07, 6.45) is 2.36. The van der Waals surface area contributed by atoms with Crippen molar-refractivity contribution >= 4 is 17.7 Å². The first-order chi connectivity index (χ1) is 11.2. The molecule has 0 saturated carbocycles. The molecule has 7 heteroatoms. The maximum absolute atomic E-state index is 11.0. The number of carboxylic acids is 1. The maximum atomic E-state index is 11.0. The molecular formula is C16H18N2O4S.